The van der Waals surface area contributed by atoms with Crippen LogP contribution in [0.2, 0.25) is 0 Å². The molecule has 15 heteroatoms. The third-order valence-electron chi connectivity index (χ3n) is 17.3. The molecule has 2 aliphatic heterocycles. The zero-order chi connectivity index (χ0) is 42.0. The molecule has 19 atom stereocenters. The second kappa shape index (κ2) is 14.3. The number of aliphatic hydroxyl groups excluding tert-OH is 6. The second-order valence-corrected chi connectivity index (χ2v) is 20.6. The van der Waals surface area contributed by atoms with E-state index in [4.69, 9.17) is 18.9 Å². The minimum absolute atomic E-state index is 0.00364. The Bertz CT molecular complexity index is 1650. The molecule has 2 saturated heterocycles. The molecule has 15 nitrogen and oxygen atoms in total. The fourth-order valence-corrected chi connectivity index (χ4v) is 13.4. The molecule has 57 heavy (non-hydrogen) atoms. The average molecular weight is 809 g/mol. The number of hydrogen-bond acceptors (Lipinski definition) is 13. The first-order valence-electron chi connectivity index (χ1n) is 20.8. The monoisotopic (exact) mass is 808 g/mol. The highest BCUT2D eigenvalue weighted by Gasteiger charge is 2.71. The summed E-state index contributed by atoms with van der Waals surface area (Å²) in [6.45, 7) is 14.3. The van der Waals surface area contributed by atoms with Crippen LogP contribution in [0.5, 0.6) is 0 Å². The van der Waals surface area contributed by atoms with Crippen LogP contribution in [0, 0.1) is 50.2 Å². The lowest BCUT2D eigenvalue weighted by molar-refractivity contribution is -0.374. The maximum atomic E-state index is 14.8. The summed E-state index contributed by atoms with van der Waals surface area (Å²) in [5.41, 5.74) is -1.63. The van der Waals surface area contributed by atoms with Crippen molar-refractivity contribution < 1.29 is 74.2 Å². The third kappa shape index (κ3) is 6.31. The first-order chi connectivity index (χ1) is 26.4. The van der Waals surface area contributed by atoms with Gasteiger partial charge in [-0.2, -0.15) is 0 Å². The van der Waals surface area contributed by atoms with E-state index in [9.17, 15) is 55.2 Å². The zero-order valence-electron chi connectivity index (χ0n) is 34.2. The van der Waals surface area contributed by atoms with Gasteiger partial charge in [-0.25, -0.2) is 4.79 Å². The number of allylic oxidation sites excluding steroid dienone is 2. The molecule has 2 heterocycles. The first-order valence-corrected chi connectivity index (χ1v) is 20.8. The number of carboxylic acid groups (broad SMARTS) is 2. The SMILES string of the molecule is CC1(C)C(O[C@@H]2O[C@H](C(=O)O)[C@@H](O)[C@H](O)[C@H]2O[C@@H]2O[C@H](CO)[C@@H](O)[C@H](O)[C@H]2O)CC[C@@]2(C)C1CC[C@]1(C)C2C(=O)C=C2C3C[C@@](C)(C(=O)O)CC[C@]3(C)CC[C@]21C. The highest BCUT2D eigenvalue weighted by molar-refractivity contribution is 5.95. The van der Waals surface area contributed by atoms with E-state index in [0.717, 1.165) is 37.7 Å². The fourth-order valence-electron chi connectivity index (χ4n) is 13.4. The molecule has 7 rings (SSSR count). The lowest BCUT2D eigenvalue weighted by atomic mass is 9.33. The van der Waals surface area contributed by atoms with Crippen LogP contribution in [0.3, 0.4) is 0 Å². The summed E-state index contributed by atoms with van der Waals surface area (Å²) in [4.78, 5) is 39.5. The molecular weight excluding hydrogens is 744 g/mol. The van der Waals surface area contributed by atoms with E-state index in [1.807, 2.05) is 13.0 Å². The number of carbonyl (C=O) groups is 3. The van der Waals surface area contributed by atoms with Crippen LogP contribution in [-0.4, -0.2) is 133 Å². The average Bonchev–Trinajstić information content (AvgIpc) is 3.13. The van der Waals surface area contributed by atoms with Gasteiger partial charge in [0.2, 0.25) is 0 Å². The predicted octanol–water partition coefficient (Wildman–Crippen LogP) is 2.15. The highest BCUT2D eigenvalue weighted by atomic mass is 16.8. The van der Waals surface area contributed by atoms with Crippen molar-refractivity contribution in [2.45, 2.75) is 174 Å². The van der Waals surface area contributed by atoms with Crippen molar-refractivity contribution in [1.82, 2.24) is 0 Å². The molecule has 0 aromatic carbocycles. The van der Waals surface area contributed by atoms with Crippen LogP contribution in [-0.2, 0) is 33.3 Å². The van der Waals surface area contributed by atoms with Crippen molar-refractivity contribution >= 4 is 17.7 Å². The molecular formula is C42H64O15. The van der Waals surface area contributed by atoms with Gasteiger partial charge in [-0.3, -0.25) is 9.59 Å². The first kappa shape index (κ1) is 43.1. The number of ketones is 1. The van der Waals surface area contributed by atoms with E-state index < -0.39 is 108 Å². The molecule has 0 radical (unpaired) electrons. The van der Waals surface area contributed by atoms with Gasteiger partial charge >= 0.3 is 11.9 Å². The largest absolute Gasteiger partial charge is 0.481 e. The van der Waals surface area contributed by atoms with Crippen molar-refractivity contribution in [2.24, 2.45) is 50.2 Å². The smallest absolute Gasteiger partial charge is 0.335 e. The topological polar surface area (TPSA) is 250 Å². The molecule has 322 valence electrons. The molecule has 5 aliphatic carbocycles. The normalized spacial score (nSPS) is 53.4. The minimum Gasteiger partial charge on any atom is -0.481 e. The molecule has 0 aromatic rings. The summed E-state index contributed by atoms with van der Waals surface area (Å²) in [6.07, 6.45) is -9.82. The Balaban J connectivity index is 1.17. The van der Waals surface area contributed by atoms with E-state index in [0.29, 0.717) is 25.7 Å². The van der Waals surface area contributed by atoms with Crippen molar-refractivity contribution in [2.75, 3.05) is 6.61 Å². The van der Waals surface area contributed by atoms with Gasteiger partial charge in [-0.15, -0.1) is 0 Å². The predicted molar refractivity (Wildman–Crippen MR) is 199 cm³/mol. The van der Waals surface area contributed by atoms with Gasteiger partial charge in [0, 0.05) is 5.92 Å². The van der Waals surface area contributed by atoms with Gasteiger partial charge in [0.25, 0.3) is 0 Å². The molecule has 0 amide bonds. The van der Waals surface area contributed by atoms with Crippen LogP contribution >= 0.6 is 0 Å². The van der Waals surface area contributed by atoms with E-state index >= 15 is 0 Å². The maximum Gasteiger partial charge on any atom is 0.335 e. The summed E-state index contributed by atoms with van der Waals surface area (Å²) in [5.74, 6) is -2.63. The molecule has 8 N–H and O–H groups in total. The second-order valence-electron chi connectivity index (χ2n) is 20.6. The van der Waals surface area contributed by atoms with Crippen molar-refractivity contribution in [3.63, 3.8) is 0 Å². The van der Waals surface area contributed by atoms with Crippen LogP contribution in [0.4, 0.5) is 0 Å². The lowest BCUT2D eigenvalue weighted by Gasteiger charge is -2.70. The van der Waals surface area contributed by atoms with Crippen molar-refractivity contribution in [3.8, 4) is 0 Å². The Morgan fingerprint density at radius 1 is 0.772 bits per heavy atom. The van der Waals surface area contributed by atoms with Crippen LogP contribution in [0.1, 0.15) is 106 Å². The summed E-state index contributed by atoms with van der Waals surface area (Å²) in [5, 5.41) is 83.3. The Morgan fingerprint density at radius 2 is 1.44 bits per heavy atom. The number of aliphatic hydroxyl groups is 6. The van der Waals surface area contributed by atoms with Crippen molar-refractivity contribution in [3.05, 3.63) is 11.6 Å². The summed E-state index contributed by atoms with van der Waals surface area (Å²) in [7, 11) is 0. The van der Waals surface area contributed by atoms with Gasteiger partial charge in [0.1, 0.15) is 42.7 Å². The van der Waals surface area contributed by atoms with Gasteiger partial charge in [-0.1, -0.05) is 47.1 Å². The Morgan fingerprint density at radius 3 is 2.07 bits per heavy atom. The van der Waals surface area contributed by atoms with E-state index in [1.165, 1.54) is 0 Å². The van der Waals surface area contributed by atoms with E-state index in [2.05, 4.69) is 41.5 Å². The van der Waals surface area contributed by atoms with E-state index in [-0.39, 0.29) is 34.4 Å². The molecule has 6 fully saturated rings. The zero-order valence-corrected chi connectivity index (χ0v) is 34.2. The third-order valence-corrected chi connectivity index (χ3v) is 17.3. The summed E-state index contributed by atoms with van der Waals surface area (Å²) < 4.78 is 23.8. The van der Waals surface area contributed by atoms with Gasteiger partial charge in [-0.05, 0) is 110 Å². The Labute approximate surface area is 333 Å². The fraction of sp³-hybridized carbons (Fsp3) is 0.881. The van der Waals surface area contributed by atoms with E-state index in [1.54, 1.807) is 0 Å². The molecule has 0 spiro atoms. The summed E-state index contributed by atoms with van der Waals surface area (Å²) in [6, 6.07) is 0. The quantitative estimate of drug-likeness (QED) is 0.172. The number of carboxylic acids is 2. The summed E-state index contributed by atoms with van der Waals surface area (Å²) >= 11 is 0. The van der Waals surface area contributed by atoms with Gasteiger partial charge in [0.05, 0.1) is 18.1 Å². The molecule has 0 bridgehead atoms. The van der Waals surface area contributed by atoms with Gasteiger partial charge < -0.3 is 59.8 Å². The molecule has 4 unspecified atom stereocenters. The number of aliphatic carboxylic acids is 2. The molecule has 7 aliphatic rings. The number of rotatable bonds is 7. The minimum atomic E-state index is -1.98. The number of carbonyl (C=O) groups excluding carboxylic acids is 1. The van der Waals surface area contributed by atoms with Crippen LogP contribution < -0.4 is 0 Å². The van der Waals surface area contributed by atoms with Gasteiger partial charge in [0.15, 0.2) is 24.5 Å². The number of hydrogen-bond donors (Lipinski definition) is 8. The lowest BCUT2D eigenvalue weighted by Crippen LogP contribution is -2.68. The molecule has 0 aromatic heterocycles. The molecule has 4 saturated carbocycles. The highest BCUT2D eigenvalue weighted by Crippen LogP contribution is 2.75. The van der Waals surface area contributed by atoms with Crippen LogP contribution in [0.25, 0.3) is 0 Å². The Hall–Kier alpha value is -2.05. The number of fused-ring (bicyclic) bond motifs is 7. The number of ether oxygens (including phenoxy) is 4. The Kier molecular flexibility index (Phi) is 10.8. The standard InChI is InChI=1S/C42H64O15/c1-37(2)23-8-11-42(7)32(21(44)16-19-20-17-39(4,36(52)53)13-12-38(20,3)14-15-41(19,42)6)40(23,5)10-9-24(37)55-35-31(28(48)27(47)30(56-35)33(50)51)57-34-29(49)26(46)25(45)22(18-43)54-34/h16,20,22-32,34-35,43,45-49H,8-15,17-18H2,1-7H3,(H,50,51)(H,52,53)/t20?,22-,23?,24?,25-,26+,27+,28+,29-,30+,31-,32?,34+,35-,38-,39+,40+,41-,42-/m1/s1. The van der Waals surface area contributed by atoms with Crippen LogP contribution in [0.15, 0.2) is 11.6 Å². The maximum absolute atomic E-state index is 14.8. The van der Waals surface area contributed by atoms with Crippen molar-refractivity contribution in [1.29, 1.82) is 0 Å².